The molecule has 7 heteroatoms. The van der Waals surface area contributed by atoms with Crippen LogP contribution in [0.25, 0.3) is 27.0 Å². The van der Waals surface area contributed by atoms with Crippen molar-refractivity contribution in [3.05, 3.63) is 75.9 Å². The van der Waals surface area contributed by atoms with Crippen molar-refractivity contribution in [3.63, 3.8) is 0 Å². The molecule has 0 spiro atoms. The van der Waals surface area contributed by atoms with Gasteiger partial charge < -0.3 is 5.32 Å². The Morgan fingerprint density at radius 3 is 2.44 bits per heavy atom. The summed E-state index contributed by atoms with van der Waals surface area (Å²) in [4.78, 5) is 32.0. The molecule has 0 aliphatic heterocycles. The quantitative estimate of drug-likeness (QED) is 0.306. The van der Waals surface area contributed by atoms with Crippen LogP contribution >= 0.6 is 23.1 Å². The Hall–Kier alpha value is -2.90. The molecule has 0 aliphatic carbocycles. The van der Waals surface area contributed by atoms with Crippen molar-refractivity contribution in [1.82, 2.24) is 14.9 Å². The van der Waals surface area contributed by atoms with Gasteiger partial charge in [0.2, 0.25) is 5.91 Å². The maximum Gasteiger partial charge on any atom is 0.268 e. The maximum atomic E-state index is 13.9. The first kappa shape index (κ1) is 22.3. The molecule has 5 nitrogen and oxygen atoms in total. The minimum absolute atomic E-state index is 0.0466. The zero-order chi connectivity index (χ0) is 22.8. The molecule has 1 atom stereocenters. The van der Waals surface area contributed by atoms with Gasteiger partial charge in [0.15, 0.2) is 5.16 Å². The van der Waals surface area contributed by atoms with Gasteiger partial charge in [-0.2, -0.15) is 0 Å². The average Bonchev–Trinajstić information content (AvgIpc) is 3.19. The summed E-state index contributed by atoms with van der Waals surface area (Å²) in [6.45, 7) is 7.67. The van der Waals surface area contributed by atoms with Crippen LogP contribution in [0.5, 0.6) is 0 Å². The van der Waals surface area contributed by atoms with E-state index in [1.165, 1.54) is 23.1 Å². The average molecular weight is 464 g/mol. The number of benzene rings is 2. The third kappa shape index (κ3) is 4.36. The molecular formula is C25H25N3O2S2. The normalized spacial score (nSPS) is 12.3. The highest BCUT2D eigenvalue weighted by atomic mass is 32.2. The van der Waals surface area contributed by atoms with E-state index in [1.54, 1.807) is 4.57 Å². The highest BCUT2D eigenvalue weighted by molar-refractivity contribution is 8.00. The van der Waals surface area contributed by atoms with Crippen LogP contribution in [0.1, 0.15) is 26.3 Å². The monoisotopic (exact) mass is 463 g/mol. The molecule has 32 heavy (non-hydrogen) atoms. The molecule has 2 aromatic heterocycles. The van der Waals surface area contributed by atoms with Crippen LogP contribution in [0.3, 0.4) is 0 Å². The lowest BCUT2D eigenvalue weighted by molar-refractivity contribution is -0.120. The van der Waals surface area contributed by atoms with E-state index in [1.807, 2.05) is 87.7 Å². The zero-order valence-electron chi connectivity index (χ0n) is 18.5. The molecule has 4 rings (SSSR count). The molecule has 0 radical (unpaired) electrons. The Labute approximate surface area is 195 Å². The summed E-state index contributed by atoms with van der Waals surface area (Å²) in [7, 11) is 0. The van der Waals surface area contributed by atoms with Gasteiger partial charge in [0.1, 0.15) is 4.83 Å². The summed E-state index contributed by atoms with van der Waals surface area (Å²) in [6.07, 6.45) is 0. The third-order valence-electron chi connectivity index (χ3n) is 5.10. The number of thioether (sulfide) groups is 1. The Morgan fingerprint density at radius 1 is 1.06 bits per heavy atom. The largest absolute Gasteiger partial charge is 0.353 e. The molecule has 2 heterocycles. The topological polar surface area (TPSA) is 64.0 Å². The van der Waals surface area contributed by atoms with Gasteiger partial charge in [-0.05, 0) is 44.9 Å². The van der Waals surface area contributed by atoms with Crippen LogP contribution in [-0.4, -0.2) is 26.8 Å². The predicted octanol–water partition coefficient (Wildman–Crippen LogP) is 5.43. The van der Waals surface area contributed by atoms with Gasteiger partial charge in [-0.15, -0.1) is 11.3 Å². The number of para-hydroxylation sites is 1. The van der Waals surface area contributed by atoms with E-state index in [4.69, 9.17) is 4.98 Å². The molecule has 0 aliphatic rings. The minimum Gasteiger partial charge on any atom is -0.353 e. The van der Waals surface area contributed by atoms with E-state index in [0.717, 1.165) is 22.4 Å². The number of carbonyl (C=O) groups excluding carboxylic acids is 1. The predicted molar refractivity (Wildman–Crippen MR) is 134 cm³/mol. The number of hydrogen-bond acceptors (Lipinski definition) is 5. The van der Waals surface area contributed by atoms with Gasteiger partial charge >= 0.3 is 0 Å². The second kappa shape index (κ2) is 9.30. The maximum absolute atomic E-state index is 13.9. The summed E-state index contributed by atoms with van der Waals surface area (Å²) in [5, 5.41) is 5.65. The van der Waals surface area contributed by atoms with E-state index in [0.29, 0.717) is 15.4 Å². The second-order valence-corrected chi connectivity index (χ2v) is 10.1. The van der Waals surface area contributed by atoms with Crippen molar-refractivity contribution < 1.29 is 4.79 Å². The molecule has 0 bridgehead atoms. The van der Waals surface area contributed by atoms with E-state index in [2.05, 4.69) is 5.32 Å². The number of fused-ring (bicyclic) bond motifs is 1. The Balaban J connectivity index is 1.92. The molecular weight excluding hydrogens is 438 g/mol. The smallest absolute Gasteiger partial charge is 0.268 e. The minimum atomic E-state index is -0.398. The fourth-order valence-electron chi connectivity index (χ4n) is 3.52. The highest BCUT2D eigenvalue weighted by Gasteiger charge is 2.23. The molecule has 2 aromatic carbocycles. The molecule has 0 unspecified atom stereocenters. The number of hydrogen-bond donors (Lipinski definition) is 1. The lowest BCUT2D eigenvalue weighted by Crippen LogP contribution is -2.36. The zero-order valence-corrected chi connectivity index (χ0v) is 20.1. The molecule has 0 saturated carbocycles. The van der Waals surface area contributed by atoms with Crippen molar-refractivity contribution in [2.75, 3.05) is 0 Å². The van der Waals surface area contributed by atoms with E-state index >= 15 is 0 Å². The van der Waals surface area contributed by atoms with Crippen molar-refractivity contribution in [2.45, 2.75) is 44.1 Å². The highest BCUT2D eigenvalue weighted by Crippen LogP contribution is 2.34. The van der Waals surface area contributed by atoms with Gasteiger partial charge in [-0.3, -0.25) is 14.2 Å². The molecule has 164 valence electrons. The number of amides is 1. The number of carbonyl (C=O) groups is 1. The Morgan fingerprint density at radius 2 is 1.75 bits per heavy atom. The van der Waals surface area contributed by atoms with E-state index < -0.39 is 5.25 Å². The molecule has 0 saturated heterocycles. The van der Waals surface area contributed by atoms with Gasteiger partial charge in [0.25, 0.3) is 5.56 Å². The van der Waals surface area contributed by atoms with Gasteiger partial charge in [0, 0.05) is 17.0 Å². The van der Waals surface area contributed by atoms with Crippen LogP contribution in [0, 0.1) is 6.92 Å². The first-order valence-corrected chi connectivity index (χ1v) is 12.3. The standard InChI is InChI=1S/C25H25N3O2S2/c1-15(2)26-22(29)17(4)32-25-27-23-21(19(14-31-23)18-11-6-5-7-12-18)24(30)28(25)20-13-9-8-10-16(20)3/h5-15,17H,1-4H3,(H,26,29)/t17-/m0/s1. The molecule has 1 N–H and O–H groups in total. The van der Waals surface area contributed by atoms with Crippen LogP contribution in [-0.2, 0) is 4.79 Å². The van der Waals surface area contributed by atoms with Crippen molar-refractivity contribution in [1.29, 1.82) is 0 Å². The van der Waals surface area contributed by atoms with Crippen molar-refractivity contribution >= 4 is 39.2 Å². The number of thiophene rings is 1. The third-order valence-corrected chi connectivity index (χ3v) is 7.03. The SMILES string of the molecule is Cc1ccccc1-n1c(S[C@@H](C)C(=O)NC(C)C)nc2scc(-c3ccccc3)c2c1=O. The number of aryl methyl sites for hydroxylation is 1. The second-order valence-electron chi connectivity index (χ2n) is 7.94. The van der Waals surface area contributed by atoms with E-state index in [-0.39, 0.29) is 17.5 Å². The van der Waals surface area contributed by atoms with Crippen molar-refractivity contribution in [3.8, 4) is 16.8 Å². The fraction of sp³-hybridized carbons (Fsp3) is 0.240. The van der Waals surface area contributed by atoms with Crippen LogP contribution < -0.4 is 10.9 Å². The molecule has 0 fully saturated rings. The first-order valence-electron chi connectivity index (χ1n) is 10.5. The number of nitrogens with one attached hydrogen (secondary N) is 1. The summed E-state index contributed by atoms with van der Waals surface area (Å²) in [6, 6.07) is 17.7. The van der Waals surface area contributed by atoms with E-state index in [9.17, 15) is 9.59 Å². The molecule has 4 aromatic rings. The fourth-order valence-corrected chi connectivity index (χ4v) is 5.44. The van der Waals surface area contributed by atoms with Gasteiger partial charge in [-0.1, -0.05) is 60.3 Å². The number of rotatable bonds is 6. The molecule has 1 amide bonds. The lowest BCUT2D eigenvalue weighted by atomic mass is 10.1. The summed E-state index contributed by atoms with van der Waals surface area (Å²) < 4.78 is 1.65. The van der Waals surface area contributed by atoms with Gasteiger partial charge in [-0.25, -0.2) is 4.98 Å². The summed E-state index contributed by atoms with van der Waals surface area (Å²) >= 11 is 2.76. The summed E-state index contributed by atoms with van der Waals surface area (Å²) in [5.41, 5.74) is 3.49. The van der Waals surface area contributed by atoms with Gasteiger partial charge in [0.05, 0.1) is 16.3 Å². The van der Waals surface area contributed by atoms with Crippen LogP contribution in [0.15, 0.2) is 69.9 Å². The Kier molecular flexibility index (Phi) is 6.48. The summed E-state index contributed by atoms with van der Waals surface area (Å²) in [5.74, 6) is -0.0770. The Bertz CT molecular complexity index is 1330. The van der Waals surface area contributed by atoms with Crippen LogP contribution in [0.2, 0.25) is 0 Å². The number of aromatic nitrogens is 2. The lowest BCUT2D eigenvalue weighted by Gasteiger charge is -2.18. The first-order chi connectivity index (χ1) is 15.4. The van der Waals surface area contributed by atoms with Crippen LogP contribution in [0.4, 0.5) is 0 Å². The number of nitrogens with zero attached hydrogens (tertiary/aromatic N) is 2. The van der Waals surface area contributed by atoms with Crippen molar-refractivity contribution in [2.24, 2.45) is 0 Å².